The van der Waals surface area contributed by atoms with E-state index in [9.17, 15) is 9.18 Å². The summed E-state index contributed by atoms with van der Waals surface area (Å²) in [6, 6.07) is 7.15. The van der Waals surface area contributed by atoms with E-state index in [1.54, 1.807) is 19.1 Å². The number of rotatable bonds is 2. The van der Waals surface area contributed by atoms with Gasteiger partial charge in [-0.15, -0.1) is 0 Å². The first-order chi connectivity index (χ1) is 8.54. The second-order valence-corrected chi connectivity index (χ2v) is 3.91. The standard InChI is InChI=1S/C13H12FN3O/c1-8-6-12(16-9(2)15-8)17-13(18)10-4-3-5-11(14)7-10/h3-7H,1-2H3,(H,15,16,17,18). The number of nitrogens with one attached hydrogen (secondary N) is 1. The number of nitrogens with zero attached hydrogens (tertiary/aromatic N) is 2. The van der Waals surface area contributed by atoms with Gasteiger partial charge in [-0.3, -0.25) is 4.79 Å². The van der Waals surface area contributed by atoms with Crippen LogP contribution in [-0.4, -0.2) is 15.9 Å². The van der Waals surface area contributed by atoms with E-state index in [1.165, 1.54) is 18.2 Å². The van der Waals surface area contributed by atoms with Gasteiger partial charge in [-0.25, -0.2) is 14.4 Å². The molecule has 1 aromatic carbocycles. The van der Waals surface area contributed by atoms with E-state index in [-0.39, 0.29) is 5.56 Å². The summed E-state index contributed by atoms with van der Waals surface area (Å²) in [7, 11) is 0. The molecule has 0 atom stereocenters. The highest BCUT2D eigenvalue weighted by molar-refractivity contribution is 6.03. The molecule has 0 saturated carbocycles. The monoisotopic (exact) mass is 245 g/mol. The van der Waals surface area contributed by atoms with E-state index in [2.05, 4.69) is 15.3 Å². The van der Waals surface area contributed by atoms with Gasteiger partial charge in [-0.2, -0.15) is 0 Å². The van der Waals surface area contributed by atoms with Crippen LogP contribution in [0.4, 0.5) is 10.2 Å². The molecule has 18 heavy (non-hydrogen) atoms. The molecular formula is C13H12FN3O. The van der Waals surface area contributed by atoms with Gasteiger partial charge in [0.25, 0.3) is 5.91 Å². The molecule has 0 spiro atoms. The van der Waals surface area contributed by atoms with E-state index in [1.807, 2.05) is 6.92 Å². The van der Waals surface area contributed by atoms with Crippen LogP contribution in [0.5, 0.6) is 0 Å². The average molecular weight is 245 g/mol. The number of amides is 1. The number of hydrogen-bond donors (Lipinski definition) is 1. The molecule has 0 aliphatic heterocycles. The quantitative estimate of drug-likeness (QED) is 0.884. The van der Waals surface area contributed by atoms with Crippen LogP contribution in [0.15, 0.2) is 30.3 Å². The molecule has 5 heteroatoms. The van der Waals surface area contributed by atoms with E-state index in [0.29, 0.717) is 11.6 Å². The van der Waals surface area contributed by atoms with Crippen molar-refractivity contribution in [1.29, 1.82) is 0 Å². The summed E-state index contributed by atoms with van der Waals surface area (Å²) >= 11 is 0. The Kier molecular flexibility index (Phi) is 3.32. The lowest BCUT2D eigenvalue weighted by Gasteiger charge is -2.06. The highest BCUT2D eigenvalue weighted by Gasteiger charge is 2.08. The predicted molar refractivity (Wildman–Crippen MR) is 65.9 cm³/mol. The van der Waals surface area contributed by atoms with Crippen molar-refractivity contribution in [2.24, 2.45) is 0 Å². The van der Waals surface area contributed by atoms with Crippen LogP contribution in [0.25, 0.3) is 0 Å². The van der Waals surface area contributed by atoms with Crippen LogP contribution in [0.2, 0.25) is 0 Å². The molecule has 92 valence electrons. The lowest BCUT2D eigenvalue weighted by molar-refractivity contribution is 0.102. The van der Waals surface area contributed by atoms with Crippen molar-refractivity contribution < 1.29 is 9.18 Å². The highest BCUT2D eigenvalue weighted by Crippen LogP contribution is 2.09. The summed E-state index contributed by atoms with van der Waals surface area (Å²) in [5, 5.41) is 2.61. The second kappa shape index (κ2) is 4.91. The Morgan fingerprint density at radius 2 is 2.00 bits per heavy atom. The van der Waals surface area contributed by atoms with Crippen molar-refractivity contribution in [2.45, 2.75) is 13.8 Å². The van der Waals surface area contributed by atoms with Gasteiger partial charge in [0, 0.05) is 17.3 Å². The van der Waals surface area contributed by atoms with Crippen LogP contribution >= 0.6 is 0 Å². The highest BCUT2D eigenvalue weighted by atomic mass is 19.1. The third kappa shape index (κ3) is 2.88. The number of anilines is 1. The number of benzene rings is 1. The molecule has 0 saturated heterocycles. The SMILES string of the molecule is Cc1cc(NC(=O)c2cccc(F)c2)nc(C)n1. The van der Waals surface area contributed by atoms with Gasteiger partial charge in [0.2, 0.25) is 0 Å². The van der Waals surface area contributed by atoms with Gasteiger partial charge < -0.3 is 5.32 Å². The van der Waals surface area contributed by atoms with Crippen molar-refractivity contribution in [3.63, 3.8) is 0 Å². The summed E-state index contributed by atoms with van der Waals surface area (Å²) in [5.74, 6) is 0.142. The Hall–Kier alpha value is -2.30. The zero-order chi connectivity index (χ0) is 13.1. The fourth-order valence-corrected chi connectivity index (χ4v) is 1.60. The molecule has 0 bridgehead atoms. The zero-order valence-corrected chi connectivity index (χ0v) is 10.1. The van der Waals surface area contributed by atoms with E-state index in [4.69, 9.17) is 0 Å². The minimum absolute atomic E-state index is 0.254. The fourth-order valence-electron chi connectivity index (χ4n) is 1.60. The molecule has 0 radical (unpaired) electrons. The van der Waals surface area contributed by atoms with Crippen molar-refractivity contribution in [3.8, 4) is 0 Å². The molecular weight excluding hydrogens is 233 g/mol. The smallest absolute Gasteiger partial charge is 0.256 e. The summed E-state index contributed by atoms with van der Waals surface area (Å²) in [6.45, 7) is 3.55. The Bertz CT molecular complexity index is 578. The van der Waals surface area contributed by atoms with E-state index < -0.39 is 11.7 Å². The maximum Gasteiger partial charge on any atom is 0.256 e. The van der Waals surface area contributed by atoms with Crippen molar-refractivity contribution in [1.82, 2.24) is 9.97 Å². The van der Waals surface area contributed by atoms with Crippen LogP contribution in [0.3, 0.4) is 0 Å². The number of carbonyl (C=O) groups is 1. The number of aromatic nitrogens is 2. The van der Waals surface area contributed by atoms with Crippen LogP contribution in [0.1, 0.15) is 21.9 Å². The normalized spacial score (nSPS) is 10.2. The number of carbonyl (C=O) groups excluding carboxylic acids is 1. The van der Waals surface area contributed by atoms with Gasteiger partial charge in [-0.05, 0) is 32.0 Å². The molecule has 2 aromatic rings. The zero-order valence-electron chi connectivity index (χ0n) is 10.1. The number of aryl methyl sites for hydroxylation is 2. The van der Waals surface area contributed by atoms with Gasteiger partial charge in [0.05, 0.1) is 0 Å². The van der Waals surface area contributed by atoms with E-state index >= 15 is 0 Å². The average Bonchev–Trinajstić information content (AvgIpc) is 2.27. The van der Waals surface area contributed by atoms with Crippen LogP contribution in [0, 0.1) is 19.7 Å². The Balaban J connectivity index is 2.21. The lowest BCUT2D eigenvalue weighted by atomic mass is 10.2. The molecule has 1 amide bonds. The van der Waals surface area contributed by atoms with Crippen molar-refractivity contribution >= 4 is 11.7 Å². The van der Waals surface area contributed by atoms with Crippen molar-refractivity contribution in [3.05, 3.63) is 53.2 Å². The predicted octanol–water partition coefficient (Wildman–Crippen LogP) is 2.48. The maximum atomic E-state index is 13.0. The molecule has 1 heterocycles. The summed E-state index contributed by atoms with van der Waals surface area (Å²) in [4.78, 5) is 20.0. The number of halogens is 1. The van der Waals surface area contributed by atoms with Gasteiger partial charge >= 0.3 is 0 Å². The largest absolute Gasteiger partial charge is 0.306 e. The van der Waals surface area contributed by atoms with Gasteiger partial charge in [0.15, 0.2) is 0 Å². The van der Waals surface area contributed by atoms with E-state index in [0.717, 1.165) is 5.69 Å². The molecule has 0 aliphatic rings. The summed E-state index contributed by atoms with van der Waals surface area (Å²) in [6.07, 6.45) is 0. The Labute approximate surface area is 104 Å². The minimum Gasteiger partial charge on any atom is -0.306 e. The molecule has 0 unspecified atom stereocenters. The topological polar surface area (TPSA) is 54.9 Å². The maximum absolute atomic E-state index is 13.0. The molecule has 1 aromatic heterocycles. The summed E-state index contributed by atoms with van der Waals surface area (Å²) < 4.78 is 13.0. The molecule has 4 nitrogen and oxygen atoms in total. The van der Waals surface area contributed by atoms with Crippen LogP contribution < -0.4 is 5.32 Å². The third-order valence-electron chi connectivity index (χ3n) is 2.29. The molecule has 0 aliphatic carbocycles. The molecule has 1 N–H and O–H groups in total. The second-order valence-electron chi connectivity index (χ2n) is 3.91. The summed E-state index contributed by atoms with van der Waals surface area (Å²) in [5.41, 5.74) is 1.01. The first-order valence-corrected chi connectivity index (χ1v) is 5.44. The molecule has 0 fully saturated rings. The Morgan fingerprint density at radius 3 is 2.67 bits per heavy atom. The first-order valence-electron chi connectivity index (χ1n) is 5.44. The lowest BCUT2D eigenvalue weighted by Crippen LogP contribution is -2.14. The van der Waals surface area contributed by atoms with Gasteiger partial charge in [0.1, 0.15) is 17.5 Å². The van der Waals surface area contributed by atoms with Crippen molar-refractivity contribution in [2.75, 3.05) is 5.32 Å². The van der Waals surface area contributed by atoms with Crippen LogP contribution in [-0.2, 0) is 0 Å². The fraction of sp³-hybridized carbons (Fsp3) is 0.154. The number of hydrogen-bond acceptors (Lipinski definition) is 3. The first kappa shape index (κ1) is 12.2. The Morgan fingerprint density at radius 1 is 1.22 bits per heavy atom. The van der Waals surface area contributed by atoms with Gasteiger partial charge in [-0.1, -0.05) is 6.07 Å². The molecule has 2 rings (SSSR count). The minimum atomic E-state index is -0.447. The third-order valence-corrected chi connectivity index (χ3v) is 2.29.